The summed E-state index contributed by atoms with van der Waals surface area (Å²) in [5, 5.41) is 3.00. The van der Waals surface area contributed by atoms with E-state index in [-0.39, 0.29) is 17.9 Å². The van der Waals surface area contributed by atoms with E-state index in [0.717, 1.165) is 29.7 Å². The number of hydrogen-bond donors (Lipinski definition) is 2. The summed E-state index contributed by atoms with van der Waals surface area (Å²) in [6.07, 6.45) is 5.61. The van der Waals surface area contributed by atoms with E-state index in [1.165, 1.54) is 0 Å². The predicted molar refractivity (Wildman–Crippen MR) is 96.8 cm³/mol. The lowest BCUT2D eigenvalue weighted by Crippen LogP contribution is -2.43. The van der Waals surface area contributed by atoms with Gasteiger partial charge in [0.15, 0.2) is 0 Å². The Hall–Kier alpha value is -2.89. The number of anilines is 1. The van der Waals surface area contributed by atoms with Gasteiger partial charge in [0.25, 0.3) is 0 Å². The molecule has 6 nitrogen and oxygen atoms in total. The maximum Gasteiger partial charge on any atom is 0.321 e. The van der Waals surface area contributed by atoms with Gasteiger partial charge in [-0.15, -0.1) is 0 Å². The van der Waals surface area contributed by atoms with Crippen molar-refractivity contribution < 1.29 is 9.59 Å². The number of pyridine rings is 1. The van der Waals surface area contributed by atoms with Gasteiger partial charge in [0.05, 0.1) is 5.69 Å². The van der Waals surface area contributed by atoms with Crippen LogP contribution in [0.25, 0.3) is 11.1 Å². The number of hydrogen-bond acceptors (Lipinski definition) is 3. The smallest absolute Gasteiger partial charge is 0.321 e. The molecule has 0 aliphatic carbocycles. The standard InChI is InChI=1S/C19H22N4O2/c20-18(24)12-14-4-3-11-23(13-14)19(25)22-17-6-2-1-5-16(17)15-7-9-21-10-8-15/h1-2,5-10,14H,3-4,11-13H2,(H2,20,24)(H,22,25). The minimum absolute atomic E-state index is 0.143. The number of nitrogens with one attached hydrogen (secondary N) is 1. The number of primary amides is 1. The van der Waals surface area contributed by atoms with Crippen molar-refractivity contribution >= 4 is 17.6 Å². The maximum absolute atomic E-state index is 12.7. The van der Waals surface area contributed by atoms with E-state index >= 15 is 0 Å². The Morgan fingerprint density at radius 3 is 2.72 bits per heavy atom. The predicted octanol–water partition coefficient (Wildman–Crippen LogP) is 2.87. The Morgan fingerprint density at radius 1 is 1.20 bits per heavy atom. The van der Waals surface area contributed by atoms with Gasteiger partial charge in [-0.3, -0.25) is 9.78 Å². The van der Waals surface area contributed by atoms with E-state index in [2.05, 4.69) is 10.3 Å². The first-order valence-electron chi connectivity index (χ1n) is 8.47. The number of urea groups is 1. The first-order valence-corrected chi connectivity index (χ1v) is 8.47. The highest BCUT2D eigenvalue weighted by atomic mass is 16.2. The van der Waals surface area contributed by atoms with Crippen LogP contribution >= 0.6 is 0 Å². The van der Waals surface area contributed by atoms with Crippen LogP contribution in [-0.4, -0.2) is 34.9 Å². The zero-order chi connectivity index (χ0) is 17.6. The molecule has 6 heteroatoms. The summed E-state index contributed by atoms with van der Waals surface area (Å²) in [6, 6.07) is 11.4. The highest BCUT2D eigenvalue weighted by Gasteiger charge is 2.25. The Labute approximate surface area is 147 Å². The third kappa shape index (κ3) is 4.35. The van der Waals surface area contributed by atoms with E-state index in [1.54, 1.807) is 17.3 Å². The van der Waals surface area contributed by atoms with Gasteiger partial charge in [0, 0.05) is 37.5 Å². The van der Waals surface area contributed by atoms with E-state index < -0.39 is 0 Å². The van der Waals surface area contributed by atoms with Gasteiger partial charge >= 0.3 is 6.03 Å². The van der Waals surface area contributed by atoms with Crippen LogP contribution in [0.4, 0.5) is 10.5 Å². The van der Waals surface area contributed by atoms with Crippen LogP contribution in [0.3, 0.4) is 0 Å². The minimum atomic E-state index is -0.310. The van der Waals surface area contributed by atoms with Crippen LogP contribution < -0.4 is 11.1 Å². The van der Waals surface area contributed by atoms with Crippen LogP contribution in [0, 0.1) is 5.92 Å². The molecule has 0 radical (unpaired) electrons. The summed E-state index contributed by atoms with van der Waals surface area (Å²) in [5.74, 6) is -0.164. The lowest BCUT2D eigenvalue weighted by atomic mass is 9.95. The number of aromatic nitrogens is 1. The second-order valence-electron chi connectivity index (χ2n) is 6.34. The Balaban J connectivity index is 1.72. The van der Waals surface area contributed by atoms with Gasteiger partial charge in [-0.2, -0.15) is 0 Å². The average Bonchev–Trinajstić information content (AvgIpc) is 2.62. The summed E-state index contributed by atoms with van der Waals surface area (Å²) in [5.41, 5.74) is 7.99. The first-order chi connectivity index (χ1) is 12.1. The number of carbonyl (C=O) groups excluding carboxylic acids is 2. The topological polar surface area (TPSA) is 88.3 Å². The largest absolute Gasteiger partial charge is 0.370 e. The molecule has 1 saturated heterocycles. The van der Waals surface area contributed by atoms with Crippen molar-refractivity contribution in [2.75, 3.05) is 18.4 Å². The average molecular weight is 338 g/mol. The fourth-order valence-electron chi connectivity index (χ4n) is 3.27. The molecule has 130 valence electrons. The maximum atomic E-state index is 12.7. The number of rotatable bonds is 4. The molecule has 2 aromatic rings. The lowest BCUT2D eigenvalue weighted by molar-refractivity contribution is -0.119. The van der Waals surface area contributed by atoms with Crippen molar-refractivity contribution in [2.45, 2.75) is 19.3 Å². The molecular formula is C19H22N4O2. The Bertz CT molecular complexity index is 748. The molecule has 3 rings (SSSR count). The van der Waals surface area contributed by atoms with Crippen LogP contribution in [0.15, 0.2) is 48.8 Å². The van der Waals surface area contributed by atoms with Crippen LogP contribution in [-0.2, 0) is 4.79 Å². The van der Waals surface area contributed by atoms with Crippen LogP contribution in [0.1, 0.15) is 19.3 Å². The molecule has 0 bridgehead atoms. The SMILES string of the molecule is NC(=O)CC1CCCN(C(=O)Nc2ccccc2-c2ccncc2)C1. The fourth-order valence-corrected chi connectivity index (χ4v) is 3.27. The van der Waals surface area contributed by atoms with E-state index in [1.807, 2.05) is 36.4 Å². The molecule has 1 atom stereocenters. The van der Waals surface area contributed by atoms with Crippen LogP contribution in [0.2, 0.25) is 0 Å². The molecule has 1 aliphatic rings. The minimum Gasteiger partial charge on any atom is -0.370 e. The summed E-state index contributed by atoms with van der Waals surface area (Å²) >= 11 is 0. The normalized spacial score (nSPS) is 17.1. The molecule has 1 aromatic heterocycles. The Morgan fingerprint density at radius 2 is 1.96 bits per heavy atom. The summed E-state index contributed by atoms with van der Waals surface area (Å²) < 4.78 is 0. The zero-order valence-electron chi connectivity index (χ0n) is 14.0. The van der Waals surface area contributed by atoms with Gasteiger partial charge < -0.3 is 16.0 Å². The van der Waals surface area contributed by atoms with Crippen molar-refractivity contribution in [1.82, 2.24) is 9.88 Å². The number of amides is 3. The number of carbonyl (C=O) groups is 2. The summed E-state index contributed by atoms with van der Waals surface area (Å²) in [7, 11) is 0. The van der Waals surface area contributed by atoms with Gasteiger partial charge in [-0.25, -0.2) is 4.79 Å². The third-order valence-electron chi connectivity index (χ3n) is 4.46. The number of nitrogens with zero attached hydrogens (tertiary/aromatic N) is 2. The summed E-state index contributed by atoms with van der Waals surface area (Å²) in [6.45, 7) is 1.25. The number of benzene rings is 1. The molecule has 1 unspecified atom stereocenters. The molecule has 1 fully saturated rings. The lowest BCUT2D eigenvalue weighted by Gasteiger charge is -2.32. The number of para-hydroxylation sites is 1. The molecule has 0 spiro atoms. The van der Waals surface area contributed by atoms with Gasteiger partial charge in [-0.1, -0.05) is 18.2 Å². The molecule has 3 N–H and O–H groups in total. The van der Waals surface area contributed by atoms with Gasteiger partial charge in [0.2, 0.25) is 5.91 Å². The highest BCUT2D eigenvalue weighted by molar-refractivity contribution is 5.94. The number of piperidine rings is 1. The summed E-state index contributed by atoms with van der Waals surface area (Å²) in [4.78, 5) is 29.6. The molecular weight excluding hydrogens is 316 g/mol. The van der Waals surface area contributed by atoms with Gasteiger partial charge in [-0.05, 0) is 42.5 Å². The number of nitrogens with two attached hydrogens (primary N) is 1. The Kier molecular flexibility index (Phi) is 5.28. The van der Waals surface area contributed by atoms with E-state index in [4.69, 9.17) is 5.73 Å². The number of likely N-dealkylation sites (tertiary alicyclic amines) is 1. The second kappa shape index (κ2) is 7.79. The third-order valence-corrected chi connectivity index (χ3v) is 4.46. The van der Waals surface area contributed by atoms with Crippen molar-refractivity contribution in [1.29, 1.82) is 0 Å². The zero-order valence-corrected chi connectivity index (χ0v) is 14.0. The van der Waals surface area contributed by atoms with Crippen molar-refractivity contribution in [2.24, 2.45) is 11.7 Å². The molecule has 2 heterocycles. The monoisotopic (exact) mass is 338 g/mol. The van der Waals surface area contributed by atoms with Crippen molar-refractivity contribution in [3.8, 4) is 11.1 Å². The molecule has 0 saturated carbocycles. The fraction of sp³-hybridized carbons (Fsp3) is 0.316. The van der Waals surface area contributed by atoms with E-state index in [9.17, 15) is 9.59 Å². The van der Waals surface area contributed by atoms with Crippen molar-refractivity contribution in [3.05, 3.63) is 48.8 Å². The molecule has 3 amide bonds. The molecule has 1 aliphatic heterocycles. The first kappa shape index (κ1) is 17.0. The molecule has 1 aromatic carbocycles. The highest BCUT2D eigenvalue weighted by Crippen LogP contribution is 2.28. The second-order valence-corrected chi connectivity index (χ2v) is 6.34. The van der Waals surface area contributed by atoms with Crippen LogP contribution in [0.5, 0.6) is 0 Å². The quantitative estimate of drug-likeness (QED) is 0.898. The van der Waals surface area contributed by atoms with Gasteiger partial charge in [0.1, 0.15) is 0 Å². The van der Waals surface area contributed by atoms with E-state index in [0.29, 0.717) is 19.5 Å². The molecule has 25 heavy (non-hydrogen) atoms. The van der Waals surface area contributed by atoms with Crippen molar-refractivity contribution in [3.63, 3.8) is 0 Å².